The molecule has 0 aliphatic heterocycles. The van der Waals surface area contributed by atoms with E-state index in [1.807, 2.05) is 13.8 Å². The Morgan fingerprint density at radius 2 is 1.90 bits per heavy atom. The van der Waals surface area contributed by atoms with Crippen LogP contribution in [0.5, 0.6) is 0 Å². The Labute approximate surface area is 174 Å². The highest BCUT2D eigenvalue weighted by molar-refractivity contribution is 5.97. The monoisotopic (exact) mass is 402 g/mol. The Hall–Kier alpha value is -1.64. The van der Waals surface area contributed by atoms with Gasteiger partial charge in [0.05, 0.1) is 17.6 Å². The molecule has 29 heavy (non-hydrogen) atoms. The third-order valence-corrected chi connectivity index (χ3v) is 8.71. The largest absolute Gasteiger partial charge is 0.450 e. The Morgan fingerprint density at radius 1 is 1.24 bits per heavy atom. The third-order valence-electron chi connectivity index (χ3n) is 8.71. The zero-order chi connectivity index (χ0) is 21.8. The summed E-state index contributed by atoms with van der Waals surface area (Å²) < 4.78 is 11.6. The Morgan fingerprint density at radius 3 is 2.48 bits per heavy atom. The van der Waals surface area contributed by atoms with Gasteiger partial charge >= 0.3 is 5.97 Å². The molecule has 0 saturated heterocycles. The molecule has 1 N–H and O–H groups in total. The number of esters is 1. The van der Waals surface area contributed by atoms with Crippen molar-refractivity contribution in [2.45, 2.75) is 85.0 Å². The van der Waals surface area contributed by atoms with E-state index >= 15 is 0 Å². The number of carbonyl (C=O) groups is 2. The van der Waals surface area contributed by atoms with E-state index in [0.29, 0.717) is 18.9 Å². The lowest BCUT2D eigenvalue weighted by Crippen LogP contribution is -2.78. The van der Waals surface area contributed by atoms with Crippen LogP contribution in [0.15, 0.2) is 11.1 Å². The van der Waals surface area contributed by atoms with E-state index in [-0.39, 0.29) is 22.7 Å². The summed E-state index contributed by atoms with van der Waals surface area (Å²) in [4.78, 5) is 25.6. The first kappa shape index (κ1) is 22.1. The zero-order valence-corrected chi connectivity index (χ0v) is 18.3. The van der Waals surface area contributed by atoms with Crippen LogP contribution in [0.1, 0.15) is 66.7 Å². The highest BCUT2D eigenvalue weighted by Crippen LogP contribution is 2.80. The normalized spacial score (nSPS) is 45.2. The third kappa shape index (κ3) is 2.55. The lowest BCUT2D eigenvalue weighted by molar-refractivity contribution is -0.277. The van der Waals surface area contributed by atoms with Gasteiger partial charge in [0.2, 0.25) is 0 Å². The molecule has 0 heterocycles. The van der Waals surface area contributed by atoms with Crippen molar-refractivity contribution in [3.05, 3.63) is 11.1 Å². The van der Waals surface area contributed by atoms with Crippen LogP contribution in [0, 0.1) is 35.0 Å². The number of hydrogen-bond donors (Lipinski definition) is 1. The topological polar surface area (TPSA) is 72.8 Å². The van der Waals surface area contributed by atoms with Gasteiger partial charge < -0.3 is 14.6 Å². The zero-order valence-electron chi connectivity index (χ0n) is 18.3. The molecule has 0 aromatic rings. The molecular weight excluding hydrogens is 368 g/mol. The van der Waals surface area contributed by atoms with Crippen molar-refractivity contribution in [2.75, 3.05) is 6.61 Å². The summed E-state index contributed by atoms with van der Waals surface area (Å²) in [6, 6.07) is 0. The van der Waals surface area contributed by atoms with Crippen molar-refractivity contribution in [1.29, 1.82) is 0 Å². The Bertz CT molecular complexity index is 766. The SMILES string of the molecule is C#C.CCO[C@@H]1C[C@H](O)[C@@]2(C)C(=O)[C@H](OC(C)=O)C3=C(C)CCC4CC2(C1)[C@@]34C. The number of terminal acetylenes is 1. The molecule has 3 fully saturated rings. The minimum Gasteiger partial charge on any atom is -0.450 e. The van der Waals surface area contributed by atoms with Gasteiger partial charge in [-0.2, -0.15) is 0 Å². The van der Waals surface area contributed by atoms with Crippen LogP contribution in [-0.2, 0) is 19.1 Å². The van der Waals surface area contributed by atoms with Crippen LogP contribution >= 0.6 is 0 Å². The maximum Gasteiger partial charge on any atom is 0.303 e. The van der Waals surface area contributed by atoms with Gasteiger partial charge in [-0.15, -0.1) is 12.8 Å². The number of rotatable bonds is 3. The maximum absolute atomic E-state index is 13.8. The van der Waals surface area contributed by atoms with Gasteiger partial charge in [-0.25, -0.2) is 0 Å². The molecular formula is C24H34O5. The molecule has 0 aromatic carbocycles. The van der Waals surface area contributed by atoms with Crippen molar-refractivity contribution in [3.63, 3.8) is 0 Å². The van der Waals surface area contributed by atoms with Gasteiger partial charge in [0, 0.05) is 25.4 Å². The number of Topliss-reactive ketones (excluding diaryl/α,β-unsaturated/α-hetero) is 1. The summed E-state index contributed by atoms with van der Waals surface area (Å²) in [6.07, 6.45) is 10.6. The van der Waals surface area contributed by atoms with Crippen molar-refractivity contribution < 1.29 is 24.2 Å². The van der Waals surface area contributed by atoms with Gasteiger partial charge in [0.15, 0.2) is 11.9 Å². The van der Waals surface area contributed by atoms with Crippen LogP contribution in [0.4, 0.5) is 0 Å². The Balaban J connectivity index is 0.00000117. The predicted octanol–water partition coefficient (Wildman–Crippen LogP) is 3.44. The number of aliphatic hydroxyl groups is 1. The molecule has 1 spiro atoms. The van der Waals surface area contributed by atoms with E-state index < -0.39 is 23.6 Å². The fraction of sp³-hybridized carbons (Fsp3) is 0.750. The molecule has 5 nitrogen and oxygen atoms in total. The van der Waals surface area contributed by atoms with Gasteiger partial charge in [0.25, 0.3) is 0 Å². The van der Waals surface area contributed by atoms with Crippen molar-refractivity contribution >= 4 is 11.8 Å². The molecule has 0 radical (unpaired) electrons. The minimum atomic E-state index is -0.910. The second-order valence-electron chi connectivity index (χ2n) is 9.51. The average molecular weight is 403 g/mol. The molecule has 4 rings (SSSR count). The highest BCUT2D eigenvalue weighted by Gasteiger charge is 2.80. The van der Waals surface area contributed by atoms with Crippen LogP contribution in [0.2, 0.25) is 0 Å². The van der Waals surface area contributed by atoms with Crippen LogP contribution in [0.25, 0.3) is 0 Å². The number of carbonyl (C=O) groups excluding carboxylic acids is 2. The van der Waals surface area contributed by atoms with E-state index in [0.717, 1.165) is 31.3 Å². The number of ether oxygens (including phenoxy) is 2. The number of aliphatic hydroxyl groups excluding tert-OH is 1. The van der Waals surface area contributed by atoms with Crippen LogP contribution in [-0.4, -0.2) is 41.8 Å². The van der Waals surface area contributed by atoms with E-state index in [2.05, 4.69) is 26.7 Å². The van der Waals surface area contributed by atoms with Crippen LogP contribution in [0.3, 0.4) is 0 Å². The lowest BCUT2D eigenvalue weighted by Gasteiger charge is -2.77. The molecule has 4 aliphatic rings. The first-order chi connectivity index (χ1) is 13.6. The lowest BCUT2D eigenvalue weighted by atomic mass is 9.26. The van der Waals surface area contributed by atoms with Crippen LogP contribution < -0.4 is 0 Å². The predicted molar refractivity (Wildman–Crippen MR) is 110 cm³/mol. The summed E-state index contributed by atoms with van der Waals surface area (Å²) >= 11 is 0. The molecule has 3 saturated carbocycles. The minimum absolute atomic E-state index is 0.0302. The summed E-state index contributed by atoms with van der Waals surface area (Å²) in [6.45, 7) is 10.2. The summed E-state index contributed by atoms with van der Waals surface area (Å²) in [5, 5.41) is 11.2. The molecule has 0 amide bonds. The van der Waals surface area contributed by atoms with E-state index in [1.165, 1.54) is 12.5 Å². The van der Waals surface area contributed by atoms with E-state index in [4.69, 9.17) is 9.47 Å². The smallest absolute Gasteiger partial charge is 0.303 e. The molecule has 7 atom stereocenters. The summed E-state index contributed by atoms with van der Waals surface area (Å²) in [5.74, 6) is -0.0890. The van der Waals surface area contributed by atoms with Crippen molar-refractivity contribution in [3.8, 4) is 12.8 Å². The van der Waals surface area contributed by atoms with Gasteiger partial charge in [-0.05, 0) is 63.4 Å². The quantitative estimate of drug-likeness (QED) is 0.445. The maximum atomic E-state index is 13.8. The second-order valence-corrected chi connectivity index (χ2v) is 9.51. The molecule has 5 heteroatoms. The number of ketones is 1. The summed E-state index contributed by atoms with van der Waals surface area (Å²) in [5.41, 5.74) is 0.740. The molecule has 0 aromatic heterocycles. The first-order valence-corrected chi connectivity index (χ1v) is 10.7. The van der Waals surface area contributed by atoms with E-state index in [1.54, 1.807) is 0 Å². The van der Waals surface area contributed by atoms with Gasteiger partial charge in [0.1, 0.15) is 0 Å². The standard InChI is InChI=1S/C22H32O5.C2H2/c1-6-26-15-9-16(24)21(5)19(25)18(27-13(3)23)17-12(2)7-8-14-10-22(21,11-15)20(14,17)4;1-2/h14-16,18,24H,6-11H2,1-5H3;1-2H/t14?,15-,16+,18-,20-,21+,22?;/m1./s1. The van der Waals surface area contributed by atoms with Crippen molar-refractivity contribution in [1.82, 2.24) is 0 Å². The number of allylic oxidation sites excluding steroid dienone is 1. The molecule has 2 unspecified atom stereocenters. The summed E-state index contributed by atoms with van der Waals surface area (Å²) in [7, 11) is 0. The van der Waals surface area contributed by atoms with Gasteiger partial charge in [-0.3, -0.25) is 9.59 Å². The van der Waals surface area contributed by atoms with E-state index in [9.17, 15) is 14.7 Å². The first-order valence-electron chi connectivity index (χ1n) is 10.7. The number of hydrogen-bond acceptors (Lipinski definition) is 5. The van der Waals surface area contributed by atoms with Crippen molar-refractivity contribution in [2.24, 2.45) is 22.2 Å². The highest BCUT2D eigenvalue weighted by atomic mass is 16.5. The molecule has 4 aliphatic carbocycles. The molecule has 160 valence electrons. The second kappa shape index (κ2) is 7.25. The van der Waals surface area contributed by atoms with Gasteiger partial charge in [-0.1, -0.05) is 12.5 Å². The molecule has 0 bridgehead atoms. The fourth-order valence-corrected chi connectivity index (χ4v) is 7.41. The average Bonchev–Trinajstić information content (AvgIpc) is 2.66. The fourth-order valence-electron chi connectivity index (χ4n) is 7.41. The Kier molecular flexibility index (Phi) is 5.51.